The van der Waals surface area contributed by atoms with E-state index in [1.165, 1.54) is 0 Å². The van der Waals surface area contributed by atoms with Gasteiger partial charge in [0, 0.05) is 18.5 Å². The van der Waals surface area contributed by atoms with Gasteiger partial charge >= 0.3 is 0 Å². The van der Waals surface area contributed by atoms with Crippen LogP contribution in [0.5, 0.6) is 0 Å². The highest BCUT2D eigenvalue weighted by Gasteiger charge is 2.42. The fraction of sp³-hybridized carbons (Fsp3) is 0.545. The van der Waals surface area contributed by atoms with Crippen LogP contribution in [0.1, 0.15) is 12.8 Å². The van der Waals surface area contributed by atoms with Crippen molar-refractivity contribution in [2.75, 3.05) is 12.3 Å². The molecule has 1 aromatic heterocycles. The second-order valence-corrected chi connectivity index (χ2v) is 5.03. The van der Waals surface area contributed by atoms with Gasteiger partial charge in [0.05, 0.1) is 10.6 Å². The maximum absolute atomic E-state index is 10.2. The molecule has 1 saturated carbocycles. The number of aliphatic hydroxyl groups is 1. The average Bonchev–Trinajstić information content (AvgIpc) is 3.11. The quantitative estimate of drug-likeness (QED) is 0.740. The SMILES string of the molecule is NCC(O)(CSc1ccccn1)C1CC1. The van der Waals surface area contributed by atoms with E-state index in [0.717, 1.165) is 17.9 Å². The van der Waals surface area contributed by atoms with Crippen molar-refractivity contribution in [1.29, 1.82) is 0 Å². The molecule has 1 aromatic rings. The maximum atomic E-state index is 10.2. The fourth-order valence-corrected chi connectivity index (χ4v) is 2.66. The van der Waals surface area contributed by atoms with Crippen molar-refractivity contribution < 1.29 is 5.11 Å². The van der Waals surface area contributed by atoms with Gasteiger partial charge in [0.25, 0.3) is 0 Å². The van der Waals surface area contributed by atoms with Gasteiger partial charge in [-0.1, -0.05) is 6.07 Å². The number of hydrogen-bond acceptors (Lipinski definition) is 4. The third-order valence-corrected chi connectivity index (χ3v) is 3.98. The zero-order valence-electron chi connectivity index (χ0n) is 8.60. The molecular formula is C11H16N2OS. The fourth-order valence-electron chi connectivity index (χ4n) is 1.60. The Morgan fingerprint density at radius 1 is 1.53 bits per heavy atom. The van der Waals surface area contributed by atoms with E-state index in [0.29, 0.717) is 18.2 Å². The number of aromatic nitrogens is 1. The molecule has 0 bridgehead atoms. The van der Waals surface area contributed by atoms with Gasteiger partial charge in [0.15, 0.2) is 0 Å². The Morgan fingerprint density at radius 2 is 2.33 bits per heavy atom. The molecule has 0 spiro atoms. The van der Waals surface area contributed by atoms with E-state index in [-0.39, 0.29) is 0 Å². The first-order valence-corrected chi connectivity index (χ1v) is 6.19. The third kappa shape index (κ3) is 2.71. The summed E-state index contributed by atoms with van der Waals surface area (Å²) in [4.78, 5) is 4.21. The summed E-state index contributed by atoms with van der Waals surface area (Å²) in [5.74, 6) is 1.05. The first kappa shape index (κ1) is 10.9. The number of thioether (sulfide) groups is 1. The average molecular weight is 224 g/mol. The molecular weight excluding hydrogens is 208 g/mol. The smallest absolute Gasteiger partial charge is 0.0960 e. The van der Waals surface area contributed by atoms with Crippen LogP contribution in [0.25, 0.3) is 0 Å². The summed E-state index contributed by atoms with van der Waals surface area (Å²) in [6, 6.07) is 5.79. The molecule has 1 unspecified atom stereocenters. The predicted octanol–water partition coefficient (Wildman–Crippen LogP) is 1.27. The van der Waals surface area contributed by atoms with Gasteiger partial charge in [-0.3, -0.25) is 0 Å². The molecule has 1 atom stereocenters. The lowest BCUT2D eigenvalue weighted by molar-refractivity contribution is 0.0510. The number of nitrogens with two attached hydrogens (primary N) is 1. The molecule has 0 saturated heterocycles. The number of pyridine rings is 1. The lowest BCUT2D eigenvalue weighted by atomic mass is 10.0. The topological polar surface area (TPSA) is 59.1 Å². The molecule has 3 N–H and O–H groups in total. The van der Waals surface area contributed by atoms with Crippen molar-refractivity contribution >= 4 is 11.8 Å². The van der Waals surface area contributed by atoms with Crippen molar-refractivity contribution in [3.63, 3.8) is 0 Å². The van der Waals surface area contributed by atoms with Gasteiger partial charge < -0.3 is 10.8 Å². The second-order valence-electron chi connectivity index (χ2n) is 4.04. The Bertz CT molecular complexity index is 316. The Labute approximate surface area is 94.1 Å². The van der Waals surface area contributed by atoms with Crippen LogP contribution in [0.2, 0.25) is 0 Å². The highest BCUT2D eigenvalue weighted by Crippen LogP contribution is 2.41. The second kappa shape index (κ2) is 4.51. The van der Waals surface area contributed by atoms with E-state index in [4.69, 9.17) is 5.73 Å². The summed E-state index contributed by atoms with van der Waals surface area (Å²) < 4.78 is 0. The van der Waals surface area contributed by atoms with Crippen LogP contribution in [0.4, 0.5) is 0 Å². The van der Waals surface area contributed by atoms with Crippen LogP contribution in [0, 0.1) is 5.92 Å². The zero-order chi connectivity index (χ0) is 10.7. The van der Waals surface area contributed by atoms with Gasteiger partial charge in [0.2, 0.25) is 0 Å². The lowest BCUT2D eigenvalue weighted by Gasteiger charge is -2.25. The van der Waals surface area contributed by atoms with Crippen molar-refractivity contribution in [2.24, 2.45) is 11.7 Å². The van der Waals surface area contributed by atoms with E-state index in [1.807, 2.05) is 18.2 Å². The van der Waals surface area contributed by atoms with E-state index in [1.54, 1.807) is 18.0 Å². The molecule has 0 aliphatic heterocycles. The molecule has 3 nitrogen and oxygen atoms in total. The maximum Gasteiger partial charge on any atom is 0.0960 e. The molecule has 15 heavy (non-hydrogen) atoms. The minimum atomic E-state index is -0.692. The summed E-state index contributed by atoms with van der Waals surface area (Å²) in [7, 11) is 0. The largest absolute Gasteiger partial charge is 0.387 e. The van der Waals surface area contributed by atoms with E-state index < -0.39 is 5.60 Å². The van der Waals surface area contributed by atoms with Gasteiger partial charge in [-0.2, -0.15) is 0 Å². The number of hydrogen-bond donors (Lipinski definition) is 2. The molecule has 1 aliphatic carbocycles. The molecule has 1 aliphatic rings. The molecule has 0 radical (unpaired) electrons. The molecule has 0 aromatic carbocycles. The van der Waals surface area contributed by atoms with Crippen LogP contribution in [0.15, 0.2) is 29.4 Å². The summed E-state index contributed by atoms with van der Waals surface area (Å²) in [6.45, 7) is 0.345. The van der Waals surface area contributed by atoms with Crippen molar-refractivity contribution in [3.8, 4) is 0 Å². The summed E-state index contributed by atoms with van der Waals surface area (Å²) >= 11 is 1.58. The zero-order valence-corrected chi connectivity index (χ0v) is 9.41. The Kier molecular flexibility index (Phi) is 3.29. The van der Waals surface area contributed by atoms with Gasteiger partial charge in [-0.15, -0.1) is 11.8 Å². The van der Waals surface area contributed by atoms with Crippen molar-refractivity contribution in [3.05, 3.63) is 24.4 Å². The highest BCUT2D eigenvalue weighted by atomic mass is 32.2. The lowest BCUT2D eigenvalue weighted by Crippen LogP contribution is -2.42. The summed E-state index contributed by atoms with van der Waals surface area (Å²) in [6.07, 6.45) is 3.98. The van der Waals surface area contributed by atoms with Gasteiger partial charge in [-0.05, 0) is 30.9 Å². The normalized spacial score (nSPS) is 19.9. The molecule has 4 heteroatoms. The molecule has 1 fully saturated rings. The highest BCUT2D eigenvalue weighted by molar-refractivity contribution is 7.99. The molecule has 2 rings (SSSR count). The minimum Gasteiger partial charge on any atom is -0.387 e. The predicted molar refractivity (Wildman–Crippen MR) is 61.7 cm³/mol. The summed E-state index contributed by atoms with van der Waals surface area (Å²) in [5, 5.41) is 11.2. The van der Waals surface area contributed by atoms with Gasteiger partial charge in [-0.25, -0.2) is 4.98 Å². The monoisotopic (exact) mass is 224 g/mol. The van der Waals surface area contributed by atoms with Crippen LogP contribution in [-0.2, 0) is 0 Å². The number of nitrogens with zero attached hydrogens (tertiary/aromatic N) is 1. The van der Waals surface area contributed by atoms with Crippen LogP contribution >= 0.6 is 11.8 Å². The van der Waals surface area contributed by atoms with Gasteiger partial charge in [0.1, 0.15) is 0 Å². The molecule has 82 valence electrons. The molecule has 0 amide bonds. The summed E-state index contributed by atoms with van der Waals surface area (Å²) in [5.41, 5.74) is 4.94. The van der Waals surface area contributed by atoms with E-state index in [2.05, 4.69) is 4.98 Å². The minimum absolute atomic E-state index is 0.345. The molecule has 1 heterocycles. The van der Waals surface area contributed by atoms with Crippen molar-refractivity contribution in [1.82, 2.24) is 4.98 Å². The van der Waals surface area contributed by atoms with Crippen LogP contribution < -0.4 is 5.73 Å². The van der Waals surface area contributed by atoms with E-state index >= 15 is 0 Å². The number of rotatable bonds is 5. The Balaban J connectivity index is 1.91. The van der Waals surface area contributed by atoms with Crippen LogP contribution in [0.3, 0.4) is 0 Å². The first-order valence-electron chi connectivity index (χ1n) is 5.21. The Morgan fingerprint density at radius 3 is 2.87 bits per heavy atom. The Hall–Kier alpha value is -0.580. The third-order valence-electron chi connectivity index (χ3n) is 2.80. The van der Waals surface area contributed by atoms with E-state index in [9.17, 15) is 5.11 Å². The standard InChI is InChI=1S/C11H16N2OS/c12-7-11(14,9-4-5-9)8-15-10-3-1-2-6-13-10/h1-3,6,9,14H,4-5,7-8,12H2. The van der Waals surface area contributed by atoms with Crippen molar-refractivity contribution in [2.45, 2.75) is 23.5 Å². The first-order chi connectivity index (χ1) is 7.24. The van der Waals surface area contributed by atoms with Crippen LogP contribution in [-0.4, -0.2) is 28.0 Å².